The molecule has 0 bridgehead atoms. The lowest BCUT2D eigenvalue weighted by Gasteiger charge is -2.19. The zero-order chi connectivity index (χ0) is 13.1. The number of hydrogen-bond donors (Lipinski definition) is 1. The summed E-state index contributed by atoms with van der Waals surface area (Å²) < 4.78 is -0.543. The van der Waals surface area contributed by atoms with Crippen molar-refractivity contribution in [3.63, 3.8) is 0 Å². The van der Waals surface area contributed by atoms with Crippen LogP contribution in [0, 0.1) is 0 Å². The quantitative estimate of drug-likeness (QED) is 0.839. The van der Waals surface area contributed by atoms with Crippen LogP contribution in [0.25, 0.3) is 0 Å². The van der Waals surface area contributed by atoms with Crippen LogP contribution in [0.15, 0.2) is 18.2 Å². The molecule has 0 saturated heterocycles. The highest BCUT2D eigenvalue weighted by Gasteiger charge is 2.24. The molecule has 1 aromatic carbocycles. The zero-order valence-electron chi connectivity index (χ0n) is 10.9. The Labute approximate surface area is 112 Å². The van der Waals surface area contributed by atoms with Gasteiger partial charge in [0.15, 0.2) is 0 Å². The lowest BCUT2D eigenvalue weighted by molar-refractivity contribution is -0.117. The molecular weight excluding hydrogens is 278 g/mol. The number of hydrogen-bond acceptors (Lipinski definition) is 1. The van der Waals surface area contributed by atoms with Gasteiger partial charge in [-0.2, -0.15) is 0 Å². The maximum Gasteiger partial charge on any atom is 0.240 e. The molecule has 0 aliphatic rings. The largest absolute Gasteiger partial charge is 0.324 e. The van der Waals surface area contributed by atoms with Crippen molar-refractivity contribution in [3.05, 3.63) is 29.3 Å². The average Bonchev–Trinajstić information content (AvgIpc) is 2.28. The molecular formula is C14H20BrNO. The van der Waals surface area contributed by atoms with Gasteiger partial charge in [0.1, 0.15) is 0 Å². The summed E-state index contributed by atoms with van der Waals surface area (Å²) >= 11 is 3.38. The van der Waals surface area contributed by atoms with Gasteiger partial charge in [-0.3, -0.25) is 4.79 Å². The lowest BCUT2D eigenvalue weighted by Crippen LogP contribution is -2.31. The molecule has 1 aromatic rings. The van der Waals surface area contributed by atoms with E-state index in [1.807, 2.05) is 19.9 Å². The first-order chi connectivity index (χ1) is 7.90. The van der Waals surface area contributed by atoms with E-state index >= 15 is 0 Å². The molecule has 0 aliphatic carbocycles. The van der Waals surface area contributed by atoms with E-state index in [-0.39, 0.29) is 5.91 Å². The predicted molar refractivity (Wildman–Crippen MR) is 76.8 cm³/mol. The minimum Gasteiger partial charge on any atom is -0.324 e. The number of carbonyl (C=O) groups is 1. The summed E-state index contributed by atoms with van der Waals surface area (Å²) in [4.78, 5) is 12.0. The van der Waals surface area contributed by atoms with Crippen molar-refractivity contribution in [2.75, 3.05) is 5.32 Å². The van der Waals surface area contributed by atoms with Gasteiger partial charge in [0, 0.05) is 5.69 Å². The lowest BCUT2D eigenvalue weighted by atomic mass is 10.0. The highest BCUT2D eigenvalue weighted by atomic mass is 79.9. The molecule has 94 valence electrons. The van der Waals surface area contributed by atoms with Crippen LogP contribution in [0.2, 0.25) is 0 Å². The second-order valence-corrected chi connectivity index (χ2v) is 6.57. The molecule has 0 radical (unpaired) electrons. The van der Waals surface area contributed by atoms with Crippen LogP contribution in [0.4, 0.5) is 5.69 Å². The van der Waals surface area contributed by atoms with Crippen molar-refractivity contribution >= 4 is 27.5 Å². The van der Waals surface area contributed by atoms with Gasteiger partial charge >= 0.3 is 0 Å². The molecule has 0 saturated carbocycles. The molecule has 0 atom stereocenters. The first kappa shape index (κ1) is 14.2. The van der Waals surface area contributed by atoms with Gasteiger partial charge in [-0.25, -0.2) is 0 Å². The van der Waals surface area contributed by atoms with Crippen LogP contribution >= 0.6 is 15.9 Å². The zero-order valence-corrected chi connectivity index (χ0v) is 12.5. The van der Waals surface area contributed by atoms with E-state index in [1.54, 1.807) is 0 Å². The van der Waals surface area contributed by atoms with Crippen molar-refractivity contribution in [1.82, 2.24) is 0 Å². The van der Waals surface area contributed by atoms with Crippen molar-refractivity contribution in [2.45, 2.75) is 44.9 Å². The molecule has 1 N–H and O–H groups in total. The Balaban J connectivity index is 3.08. The van der Waals surface area contributed by atoms with E-state index in [2.05, 4.69) is 47.2 Å². The van der Waals surface area contributed by atoms with E-state index in [1.165, 1.54) is 11.1 Å². The van der Waals surface area contributed by atoms with Crippen molar-refractivity contribution < 1.29 is 4.79 Å². The fourth-order valence-corrected chi connectivity index (χ4v) is 1.76. The van der Waals surface area contributed by atoms with Gasteiger partial charge in [-0.05, 0) is 37.8 Å². The Morgan fingerprint density at radius 2 is 1.71 bits per heavy atom. The molecule has 0 unspecified atom stereocenters. The second-order valence-electron chi connectivity index (χ2n) is 4.58. The topological polar surface area (TPSA) is 29.1 Å². The van der Waals surface area contributed by atoms with Crippen LogP contribution in [-0.4, -0.2) is 10.2 Å². The molecule has 0 fully saturated rings. The highest BCUT2D eigenvalue weighted by molar-refractivity contribution is 9.10. The fraction of sp³-hybridized carbons (Fsp3) is 0.500. The Morgan fingerprint density at radius 1 is 1.24 bits per heavy atom. The number of alkyl halides is 1. The summed E-state index contributed by atoms with van der Waals surface area (Å²) in [7, 11) is 0. The standard InChI is InChI=1S/C14H20BrNO/c1-5-10-8-7-9-11(6-2)12(10)16-13(17)14(3,4)15/h7-9H,5-6H2,1-4H3,(H,16,17). The highest BCUT2D eigenvalue weighted by Crippen LogP contribution is 2.25. The Bertz CT molecular complexity index is 385. The number of nitrogens with one attached hydrogen (secondary N) is 1. The number of para-hydroxylation sites is 1. The van der Waals surface area contributed by atoms with Gasteiger partial charge < -0.3 is 5.32 Å². The smallest absolute Gasteiger partial charge is 0.240 e. The van der Waals surface area contributed by atoms with E-state index in [0.29, 0.717) is 0 Å². The minimum atomic E-state index is -0.543. The third-order valence-corrected chi connectivity index (χ3v) is 3.14. The van der Waals surface area contributed by atoms with Gasteiger partial charge in [-0.15, -0.1) is 0 Å². The summed E-state index contributed by atoms with van der Waals surface area (Å²) in [6.07, 6.45) is 1.85. The van der Waals surface area contributed by atoms with Crippen LogP contribution in [0.3, 0.4) is 0 Å². The normalized spacial score (nSPS) is 11.4. The van der Waals surface area contributed by atoms with E-state index in [4.69, 9.17) is 0 Å². The summed E-state index contributed by atoms with van der Waals surface area (Å²) in [5.41, 5.74) is 3.36. The number of benzene rings is 1. The first-order valence-electron chi connectivity index (χ1n) is 6.01. The van der Waals surface area contributed by atoms with Crippen molar-refractivity contribution in [3.8, 4) is 0 Å². The number of amides is 1. The van der Waals surface area contributed by atoms with Crippen LogP contribution in [0.5, 0.6) is 0 Å². The number of anilines is 1. The minimum absolute atomic E-state index is 0.00639. The SMILES string of the molecule is CCc1cccc(CC)c1NC(=O)C(C)(C)Br. The van der Waals surface area contributed by atoms with Crippen LogP contribution < -0.4 is 5.32 Å². The Hall–Kier alpha value is -0.830. The number of rotatable bonds is 4. The van der Waals surface area contributed by atoms with Crippen LogP contribution in [0.1, 0.15) is 38.8 Å². The second kappa shape index (κ2) is 5.67. The van der Waals surface area contributed by atoms with Crippen molar-refractivity contribution in [1.29, 1.82) is 0 Å². The van der Waals surface area contributed by atoms with E-state index in [9.17, 15) is 4.79 Å². The molecule has 17 heavy (non-hydrogen) atoms. The monoisotopic (exact) mass is 297 g/mol. The molecule has 0 spiro atoms. The van der Waals surface area contributed by atoms with Crippen molar-refractivity contribution in [2.24, 2.45) is 0 Å². The molecule has 0 heterocycles. The van der Waals surface area contributed by atoms with Crippen LogP contribution in [-0.2, 0) is 17.6 Å². The Morgan fingerprint density at radius 3 is 2.06 bits per heavy atom. The summed E-state index contributed by atoms with van der Waals surface area (Å²) in [5, 5.41) is 3.04. The number of aryl methyl sites for hydroxylation is 2. The number of halogens is 1. The molecule has 2 nitrogen and oxygen atoms in total. The average molecular weight is 298 g/mol. The van der Waals surface area contributed by atoms with Gasteiger partial charge in [0.2, 0.25) is 5.91 Å². The molecule has 0 aliphatic heterocycles. The Kier molecular flexibility index (Phi) is 4.75. The van der Waals surface area contributed by atoms with E-state index in [0.717, 1.165) is 18.5 Å². The van der Waals surface area contributed by atoms with Gasteiger partial charge in [-0.1, -0.05) is 48.0 Å². The number of carbonyl (C=O) groups excluding carboxylic acids is 1. The maximum atomic E-state index is 12.0. The van der Waals surface area contributed by atoms with E-state index < -0.39 is 4.32 Å². The van der Waals surface area contributed by atoms with Gasteiger partial charge in [0.05, 0.1) is 4.32 Å². The first-order valence-corrected chi connectivity index (χ1v) is 6.80. The maximum absolute atomic E-state index is 12.0. The predicted octanol–water partition coefficient (Wildman–Crippen LogP) is 3.92. The summed E-state index contributed by atoms with van der Waals surface area (Å²) in [6, 6.07) is 6.18. The molecule has 1 rings (SSSR count). The molecule has 1 amide bonds. The van der Waals surface area contributed by atoms with Gasteiger partial charge in [0.25, 0.3) is 0 Å². The fourth-order valence-electron chi connectivity index (χ4n) is 1.67. The molecule has 3 heteroatoms. The summed E-state index contributed by atoms with van der Waals surface area (Å²) in [5.74, 6) is -0.00639. The molecule has 0 aromatic heterocycles. The third kappa shape index (κ3) is 3.56. The third-order valence-electron chi connectivity index (χ3n) is 2.78. The summed E-state index contributed by atoms with van der Waals surface area (Å²) in [6.45, 7) is 7.90.